The van der Waals surface area contributed by atoms with Crippen LogP contribution in [0, 0.1) is 0 Å². The molecule has 0 amide bonds. The second-order valence-corrected chi connectivity index (χ2v) is 5.17. The Labute approximate surface area is 115 Å². The molecule has 0 radical (unpaired) electrons. The summed E-state index contributed by atoms with van der Waals surface area (Å²) in [5.41, 5.74) is 8.96. The maximum Gasteiger partial charge on any atom is 0.107 e. The van der Waals surface area contributed by atoms with Crippen LogP contribution in [-0.2, 0) is 6.54 Å². The van der Waals surface area contributed by atoms with Gasteiger partial charge in [-0.2, -0.15) is 0 Å². The minimum absolute atomic E-state index is 0.468. The zero-order chi connectivity index (χ0) is 13.1. The molecule has 0 saturated heterocycles. The van der Waals surface area contributed by atoms with Crippen LogP contribution in [0.3, 0.4) is 0 Å². The lowest BCUT2D eigenvalue weighted by Gasteiger charge is -2.01. The smallest absolute Gasteiger partial charge is 0.107 e. The van der Waals surface area contributed by atoms with Gasteiger partial charge in [0.25, 0.3) is 0 Å². The summed E-state index contributed by atoms with van der Waals surface area (Å²) in [6.07, 6.45) is 3.57. The van der Waals surface area contributed by atoms with E-state index >= 15 is 0 Å². The molecule has 2 N–H and O–H groups in total. The number of pyridine rings is 1. The monoisotopic (exact) mass is 267 g/mol. The average Bonchev–Trinajstić information content (AvgIpc) is 2.93. The Morgan fingerprint density at radius 2 is 1.68 bits per heavy atom. The molecule has 0 fully saturated rings. The summed E-state index contributed by atoms with van der Waals surface area (Å²) in [5.74, 6) is 0. The van der Waals surface area contributed by atoms with Crippen LogP contribution in [0.5, 0.6) is 0 Å². The van der Waals surface area contributed by atoms with Gasteiger partial charge in [-0.3, -0.25) is 4.98 Å². The maximum absolute atomic E-state index is 5.72. The first-order chi connectivity index (χ1) is 9.38. The van der Waals surface area contributed by atoms with Crippen LogP contribution in [0.15, 0.2) is 54.9 Å². The van der Waals surface area contributed by atoms with Gasteiger partial charge < -0.3 is 5.73 Å². The molecule has 3 rings (SSSR count). The zero-order valence-corrected chi connectivity index (χ0v) is 11.1. The first kappa shape index (κ1) is 12.0. The second kappa shape index (κ2) is 5.30. The molecule has 0 bridgehead atoms. The van der Waals surface area contributed by atoms with Gasteiger partial charge in [0.1, 0.15) is 5.01 Å². The molecule has 0 unspecified atom stereocenters. The normalized spacial score (nSPS) is 10.6. The molecule has 0 atom stereocenters. The maximum atomic E-state index is 5.72. The molecule has 3 aromatic rings. The predicted molar refractivity (Wildman–Crippen MR) is 78.7 cm³/mol. The number of nitrogens with two attached hydrogens (primary N) is 1. The van der Waals surface area contributed by atoms with Gasteiger partial charge >= 0.3 is 0 Å². The lowest BCUT2D eigenvalue weighted by atomic mass is 10.1. The SMILES string of the molecule is NCc1nc(-c2ccncc2)c(-c2ccccc2)s1. The van der Waals surface area contributed by atoms with E-state index in [1.54, 1.807) is 23.7 Å². The van der Waals surface area contributed by atoms with Gasteiger partial charge in [-0.25, -0.2) is 4.98 Å². The van der Waals surface area contributed by atoms with Crippen molar-refractivity contribution in [2.75, 3.05) is 0 Å². The van der Waals surface area contributed by atoms with Gasteiger partial charge in [-0.05, 0) is 17.7 Å². The topological polar surface area (TPSA) is 51.8 Å². The summed E-state index contributed by atoms with van der Waals surface area (Å²) in [7, 11) is 0. The Kier molecular flexibility index (Phi) is 3.35. The molecule has 0 aliphatic heterocycles. The Morgan fingerprint density at radius 3 is 2.37 bits per heavy atom. The predicted octanol–water partition coefficient (Wildman–Crippen LogP) is 3.33. The number of nitrogens with zero attached hydrogens (tertiary/aromatic N) is 2. The third kappa shape index (κ3) is 2.41. The summed E-state index contributed by atoms with van der Waals surface area (Å²) in [6, 6.07) is 14.2. The summed E-state index contributed by atoms with van der Waals surface area (Å²) in [6.45, 7) is 0.468. The van der Waals surface area contributed by atoms with E-state index in [1.807, 2.05) is 30.3 Å². The average molecular weight is 267 g/mol. The first-order valence-corrected chi connectivity index (χ1v) is 6.85. The van der Waals surface area contributed by atoms with Gasteiger partial charge in [0.05, 0.1) is 10.6 Å². The van der Waals surface area contributed by atoms with Crippen LogP contribution >= 0.6 is 11.3 Å². The summed E-state index contributed by atoms with van der Waals surface area (Å²) in [5, 5.41) is 0.950. The minimum Gasteiger partial charge on any atom is -0.325 e. The lowest BCUT2D eigenvalue weighted by Crippen LogP contribution is -1.94. The van der Waals surface area contributed by atoms with Crippen molar-refractivity contribution in [2.45, 2.75) is 6.54 Å². The van der Waals surface area contributed by atoms with Crippen LogP contribution in [0.25, 0.3) is 21.7 Å². The molecule has 0 saturated carbocycles. The number of rotatable bonds is 3. The van der Waals surface area contributed by atoms with Gasteiger partial charge in [-0.1, -0.05) is 30.3 Å². The molecule has 19 heavy (non-hydrogen) atoms. The highest BCUT2D eigenvalue weighted by Crippen LogP contribution is 2.36. The third-order valence-electron chi connectivity index (χ3n) is 2.84. The molecule has 0 aliphatic carbocycles. The van der Waals surface area contributed by atoms with Gasteiger partial charge in [-0.15, -0.1) is 11.3 Å². The van der Waals surface area contributed by atoms with Crippen molar-refractivity contribution in [3.8, 4) is 21.7 Å². The van der Waals surface area contributed by atoms with Crippen LogP contribution in [-0.4, -0.2) is 9.97 Å². The van der Waals surface area contributed by atoms with Crippen LogP contribution in [0.1, 0.15) is 5.01 Å². The van der Waals surface area contributed by atoms with E-state index < -0.39 is 0 Å². The molecule has 0 spiro atoms. The Balaban J connectivity index is 2.17. The van der Waals surface area contributed by atoms with Crippen molar-refractivity contribution in [2.24, 2.45) is 5.73 Å². The molecular weight excluding hydrogens is 254 g/mol. The summed E-state index contributed by atoms with van der Waals surface area (Å²) < 4.78 is 0. The summed E-state index contributed by atoms with van der Waals surface area (Å²) in [4.78, 5) is 9.85. The lowest BCUT2D eigenvalue weighted by molar-refractivity contribution is 1.04. The molecular formula is C15H13N3S. The van der Waals surface area contributed by atoms with Gasteiger partial charge in [0.2, 0.25) is 0 Å². The highest BCUT2D eigenvalue weighted by Gasteiger charge is 2.13. The van der Waals surface area contributed by atoms with E-state index in [2.05, 4.69) is 22.1 Å². The Bertz CT molecular complexity index is 605. The Hall–Kier alpha value is -2.04. The van der Waals surface area contributed by atoms with E-state index in [1.165, 1.54) is 5.56 Å². The molecule has 3 nitrogen and oxygen atoms in total. The van der Waals surface area contributed by atoms with Crippen LogP contribution < -0.4 is 5.73 Å². The fourth-order valence-corrected chi connectivity index (χ4v) is 2.91. The van der Waals surface area contributed by atoms with E-state index in [0.29, 0.717) is 6.54 Å². The number of hydrogen-bond donors (Lipinski definition) is 1. The van der Waals surface area contributed by atoms with Crippen LogP contribution in [0.4, 0.5) is 0 Å². The number of hydrogen-bond acceptors (Lipinski definition) is 4. The number of thiazole rings is 1. The highest BCUT2D eigenvalue weighted by atomic mass is 32.1. The fourth-order valence-electron chi connectivity index (χ4n) is 1.94. The highest BCUT2D eigenvalue weighted by molar-refractivity contribution is 7.15. The van der Waals surface area contributed by atoms with Gasteiger partial charge in [0.15, 0.2) is 0 Å². The van der Waals surface area contributed by atoms with E-state index in [4.69, 9.17) is 5.73 Å². The Morgan fingerprint density at radius 1 is 0.947 bits per heavy atom. The van der Waals surface area contributed by atoms with Crippen molar-refractivity contribution < 1.29 is 0 Å². The zero-order valence-electron chi connectivity index (χ0n) is 10.3. The quantitative estimate of drug-likeness (QED) is 0.792. The molecule has 4 heteroatoms. The van der Waals surface area contributed by atoms with Crippen molar-refractivity contribution in [1.29, 1.82) is 0 Å². The number of benzene rings is 1. The molecule has 1 aromatic carbocycles. The second-order valence-electron chi connectivity index (χ2n) is 4.09. The third-order valence-corrected chi connectivity index (χ3v) is 3.96. The largest absolute Gasteiger partial charge is 0.325 e. The van der Waals surface area contributed by atoms with Crippen molar-refractivity contribution in [3.63, 3.8) is 0 Å². The van der Waals surface area contributed by atoms with Gasteiger partial charge in [0, 0.05) is 24.5 Å². The minimum atomic E-state index is 0.468. The first-order valence-electron chi connectivity index (χ1n) is 6.04. The summed E-state index contributed by atoms with van der Waals surface area (Å²) >= 11 is 1.65. The molecule has 94 valence electrons. The molecule has 0 aliphatic rings. The van der Waals surface area contributed by atoms with Crippen molar-refractivity contribution >= 4 is 11.3 Å². The van der Waals surface area contributed by atoms with Crippen molar-refractivity contribution in [3.05, 3.63) is 59.9 Å². The molecule has 2 aromatic heterocycles. The standard InChI is InChI=1S/C15H13N3S/c16-10-13-18-14(11-6-8-17-9-7-11)15(19-13)12-4-2-1-3-5-12/h1-9H,10,16H2. The van der Waals surface area contributed by atoms with Crippen LogP contribution in [0.2, 0.25) is 0 Å². The van der Waals surface area contributed by atoms with E-state index in [-0.39, 0.29) is 0 Å². The van der Waals surface area contributed by atoms with E-state index in [0.717, 1.165) is 21.1 Å². The molecule has 2 heterocycles. The number of aromatic nitrogens is 2. The fraction of sp³-hybridized carbons (Fsp3) is 0.0667. The van der Waals surface area contributed by atoms with Crippen molar-refractivity contribution in [1.82, 2.24) is 9.97 Å². The van der Waals surface area contributed by atoms with E-state index in [9.17, 15) is 0 Å².